The first-order chi connectivity index (χ1) is 12.2. The molecular weight excluding hydrogens is 314 g/mol. The Morgan fingerprint density at radius 1 is 1.16 bits per heavy atom. The van der Waals surface area contributed by atoms with Gasteiger partial charge >= 0.3 is 0 Å². The van der Waals surface area contributed by atoms with Crippen LogP contribution in [0.25, 0.3) is 22.0 Å². The van der Waals surface area contributed by atoms with E-state index in [1.54, 1.807) is 12.5 Å². The fraction of sp³-hybridized carbons (Fsp3) is 0.316. The van der Waals surface area contributed by atoms with E-state index in [4.69, 9.17) is 0 Å². The first kappa shape index (κ1) is 15.8. The highest BCUT2D eigenvalue weighted by molar-refractivity contribution is 5.94. The third-order valence-electron chi connectivity index (χ3n) is 4.67. The Morgan fingerprint density at radius 3 is 2.76 bits per heavy atom. The number of carbonyl (C=O) groups excluding carboxylic acids is 1. The van der Waals surface area contributed by atoms with Gasteiger partial charge in [-0.05, 0) is 43.5 Å². The van der Waals surface area contributed by atoms with Gasteiger partial charge in [0.05, 0.1) is 24.8 Å². The van der Waals surface area contributed by atoms with Gasteiger partial charge in [0.2, 0.25) is 5.91 Å². The number of aromatic nitrogens is 3. The molecule has 0 atom stereocenters. The first-order valence-electron chi connectivity index (χ1n) is 8.58. The smallest absolute Gasteiger partial charge is 0.239 e. The number of carbonyl (C=O) groups is 1. The summed E-state index contributed by atoms with van der Waals surface area (Å²) in [7, 11) is 1.98. The Hall–Kier alpha value is -2.73. The topological polar surface area (TPSA) is 63.1 Å². The van der Waals surface area contributed by atoms with Crippen molar-refractivity contribution in [3.05, 3.63) is 43.0 Å². The van der Waals surface area contributed by atoms with Crippen LogP contribution in [0.1, 0.15) is 12.8 Å². The third-order valence-corrected chi connectivity index (χ3v) is 4.67. The molecule has 128 valence electrons. The van der Waals surface area contributed by atoms with Gasteiger partial charge in [0, 0.05) is 24.2 Å². The van der Waals surface area contributed by atoms with Crippen LogP contribution in [0.5, 0.6) is 0 Å². The summed E-state index contributed by atoms with van der Waals surface area (Å²) in [6, 6.07) is 8.13. The number of hydrogen-bond acceptors (Lipinski definition) is 4. The molecule has 3 heterocycles. The minimum absolute atomic E-state index is 0.00320. The van der Waals surface area contributed by atoms with Crippen molar-refractivity contribution in [3.63, 3.8) is 0 Å². The Morgan fingerprint density at radius 2 is 2.00 bits per heavy atom. The van der Waals surface area contributed by atoms with Crippen molar-refractivity contribution in [2.24, 2.45) is 7.05 Å². The van der Waals surface area contributed by atoms with Crippen molar-refractivity contribution in [1.29, 1.82) is 0 Å². The highest BCUT2D eigenvalue weighted by atomic mass is 16.2. The molecule has 0 bridgehead atoms. The number of imidazole rings is 1. The zero-order chi connectivity index (χ0) is 17.2. The molecule has 1 N–H and O–H groups in total. The van der Waals surface area contributed by atoms with Crippen LogP contribution in [0.3, 0.4) is 0 Å². The Balaban J connectivity index is 1.56. The number of fused-ring (bicyclic) bond motifs is 1. The molecule has 0 spiro atoms. The van der Waals surface area contributed by atoms with Crippen LogP contribution in [-0.4, -0.2) is 45.0 Å². The molecule has 1 aliphatic rings. The number of hydrogen-bond donors (Lipinski definition) is 1. The van der Waals surface area contributed by atoms with Crippen LogP contribution in [0, 0.1) is 0 Å². The number of amides is 1. The summed E-state index contributed by atoms with van der Waals surface area (Å²) in [5.74, 6) is 0.593. The highest BCUT2D eigenvalue weighted by Crippen LogP contribution is 2.25. The van der Waals surface area contributed by atoms with Crippen LogP contribution < -0.4 is 5.32 Å². The second kappa shape index (κ2) is 6.64. The molecule has 3 aromatic rings. The summed E-state index contributed by atoms with van der Waals surface area (Å²) >= 11 is 0. The highest BCUT2D eigenvalue weighted by Gasteiger charge is 2.15. The molecule has 1 fully saturated rings. The van der Waals surface area contributed by atoms with E-state index in [2.05, 4.69) is 32.3 Å². The average Bonchev–Trinajstić information content (AvgIpc) is 3.25. The molecule has 1 aliphatic heterocycles. The molecule has 25 heavy (non-hydrogen) atoms. The second-order valence-electron chi connectivity index (χ2n) is 6.55. The molecule has 2 aromatic heterocycles. The summed E-state index contributed by atoms with van der Waals surface area (Å²) < 4.78 is 1.99. The van der Waals surface area contributed by atoms with Crippen LogP contribution in [-0.2, 0) is 11.8 Å². The van der Waals surface area contributed by atoms with Crippen molar-refractivity contribution < 1.29 is 4.79 Å². The Labute approximate surface area is 146 Å². The zero-order valence-corrected chi connectivity index (χ0v) is 14.3. The van der Waals surface area contributed by atoms with Crippen molar-refractivity contribution in [2.75, 3.05) is 25.0 Å². The zero-order valence-electron chi connectivity index (χ0n) is 14.3. The summed E-state index contributed by atoms with van der Waals surface area (Å²) in [6.45, 7) is 2.45. The van der Waals surface area contributed by atoms with Gasteiger partial charge in [-0.15, -0.1) is 0 Å². The molecule has 6 heteroatoms. The first-order valence-corrected chi connectivity index (χ1v) is 8.58. The van der Waals surface area contributed by atoms with Gasteiger partial charge in [0.1, 0.15) is 5.82 Å². The van der Waals surface area contributed by atoms with Crippen LogP contribution in [0.2, 0.25) is 0 Å². The van der Waals surface area contributed by atoms with Gasteiger partial charge in [-0.1, -0.05) is 12.1 Å². The molecule has 0 radical (unpaired) electrons. The Bertz CT molecular complexity index is 911. The molecular formula is C19H21N5O. The van der Waals surface area contributed by atoms with Gasteiger partial charge in [-0.2, -0.15) is 0 Å². The molecule has 6 nitrogen and oxygen atoms in total. The van der Waals surface area contributed by atoms with E-state index in [-0.39, 0.29) is 5.91 Å². The van der Waals surface area contributed by atoms with E-state index in [1.165, 1.54) is 12.8 Å². The molecule has 0 saturated carbocycles. The van der Waals surface area contributed by atoms with Gasteiger partial charge in [-0.3, -0.25) is 9.69 Å². The normalized spacial score (nSPS) is 14.9. The van der Waals surface area contributed by atoms with Crippen LogP contribution in [0.4, 0.5) is 5.82 Å². The predicted octanol–water partition coefficient (Wildman–Crippen LogP) is 2.67. The van der Waals surface area contributed by atoms with E-state index in [0.717, 1.165) is 35.1 Å². The van der Waals surface area contributed by atoms with E-state index < -0.39 is 0 Å². The molecule has 0 unspecified atom stereocenters. The maximum absolute atomic E-state index is 12.2. The van der Waals surface area contributed by atoms with Gasteiger partial charge in [0.25, 0.3) is 0 Å². The largest absolute Gasteiger partial charge is 0.334 e. The maximum Gasteiger partial charge on any atom is 0.239 e. The monoisotopic (exact) mass is 335 g/mol. The Kier molecular flexibility index (Phi) is 4.19. The summed E-state index contributed by atoms with van der Waals surface area (Å²) in [4.78, 5) is 22.9. The minimum atomic E-state index is -0.00320. The fourth-order valence-corrected chi connectivity index (χ4v) is 3.33. The number of pyridine rings is 1. The average molecular weight is 335 g/mol. The molecule has 1 aromatic carbocycles. The van der Waals surface area contributed by atoms with E-state index in [0.29, 0.717) is 12.4 Å². The lowest BCUT2D eigenvalue weighted by Crippen LogP contribution is -2.31. The van der Waals surface area contributed by atoms with Gasteiger partial charge in [-0.25, -0.2) is 9.97 Å². The van der Waals surface area contributed by atoms with Crippen molar-refractivity contribution >= 4 is 22.5 Å². The molecule has 0 aliphatic carbocycles. The summed E-state index contributed by atoms with van der Waals surface area (Å²) in [5.41, 5.74) is 2.14. The summed E-state index contributed by atoms with van der Waals surface area (Å²) in [6.07, 6.45) is 7.79. The van der Waals surface area contributed by atoms with E-state index in [9.17, 15) is 4.79 Å². The van der Waals surface area contributed by atoms with Crippen LogP contribution >= 0.6 is 0 Å². The number of aryl methyl sites for hydroxylation is 1. The van der Waals surface area contributed by atoms with Crippen molar-refractivity contribution in [1.82, 2.24) is 19.4 Å². The lowest BCUT2D eigenvalue weighted by atomic mass is 10.1. The summed E-state index contributed by atoms with van der Waals surface area (Å²) in [5, 5.41) is 5.01. The number of benzene rings is 1. The standard InChI is InChI=1S/C19H21N5O/c1-23-13-20-11-17(23)14-4-5-15-10-21-18(9-16(15)8-14)22-19(25)12-24-6-2-3-7-24/h4-5,8-11,13H,2-3,6-7,12H2,1H3,(H,21,22,25). The van der Waals surface area contributed by atoms with E-state index >= 15 is 0 Å². The lowest BCUT2D eigenvalue weighted by molar-refractivity contribution is -0.117. The number of nitrogens with one attached hydrogen (secondary N) is 1. The number of anilines is 1. The number of nitrogens with zero attached hydrogens (tertiary/aromatic N) is 4. The number of likely N-dealkylation sites (tertiary alicyclic amines) is 1. The molecule has 1 amide bonds. The predicted molar refractivity (Wildman–Crippen MR) is 98.2 cm³/mol. The lowest BCUT2D eigenvalue weighted by Gasteiger charge is -2.14. The fourth-order valence-electron chi connectivity index (χ4n) is 3.33. The van der Waals surface area contributed by atoms with Gasteiger partial charge < -0.3 is 9.88 Å². The molecule has 4 rings (SSSR count). The molecule has 1 saturated heterocycles. The van der Waals surface area contributed by atoms with Crippen LogP contribution in [0.15, 0.2) is 43.0 Å². The van der Waals surface area contributed by atoms with Crippen molar-refractivity contribution in [2.45, 2.75) is 12.8 Å². The number of rotatable bonds is 4. The van der Waals surface area contributed by atoms with E-state index in [1.807, 2.05) is 29.9 Å². The SMILES string of the molecule is Cn1cncc1-c1ccc2cnc(NC(=O)CN3CCCC3)cc2c1. The minimum Gasteiger partial charge on any atom is -0.334 e. The second-order valence-corrected chi connectivity index (χ2v) is 6.55. The quantitative estimate of drug-likeness (QED) is 0.796. The van der Waals surface area contributed by atoms with Crippen molar-refractivity contribution in [3.8, 4) is 11.3 Å². The van der Waals surface area contributed by atoms with Gasteiger partial charge in [0.15, 0.2) is 0 Å². The maximum atomic E-state index is 12.2. The third kappa shape index (κ3) is 3.39.